The average molecular weight is 233 g/mol. The van der Waals surface area contributed by atoms with Crippen LogP contribution >= 0.6 is 0 Å². The molecule has 6 nitrogen and oxygen atoms in total. The third kappa shape index (κ3) is 5.67. The molecule has 0 spiro atoms. The van der Waals surface area contributed by atoms with E-state index in [-0.39, 0.29) is 19.4 Å². The second-order valence-electron chi connectivity index (χ2n) is 4.17. The van der Waals surface area contributed by atoms with E-state index in [1.165, 1.54) is 6.92 Å². The Morgan fingerprint density at radius 2 is 2.00 bits per heavy atom. The van der Waals surface area contributed by atoms with Crippen molar-refractivity contribution in [1.82, 2.24) is 0 Å². The van der Waals surface area contributed by atoms with E-state index in [1.807, 2.05) is 0 Å². The normalized spacial score (nSPS) is 16.4. The van der Waals surface area contributed by atoms with Gasteiger partial charge in [-0.15, -0.1) is 0 Å². The number of primary amides is 1. The summed E-state index contributed by atoms with van der Waals surface area (Å²) in [5.41, 5.74) is 3.58. The molecule has 0 heterocycles. The van der Waals surface area contributed by atoms with Gasteiger partial charge in [0.1, 0.15) is 0 Å². The van der Waals surface area contributed by atoms with Crippen molar-refractivity contribution in [2.24, 2.45) is 11.7 Å². The Morgan fingerprint density at radius 1 is 1.44 bits per heavy atom. The summed E-state index contributed by atoms with van der Waals surface area (Å²) in [6.07, 6.45) is 0.410. The van der Waals surface area contributed by atoms with Crippen molar-refractivity contribution in [3.63, 3.8) is 0 Å². The van der Waals surface area contributed by atoms with Crippen molar-refractivity contribution < 1.29 is 24.9 Å². The van der Waals surface area contributed by atoms with Gasteiger partial charge in [0.25, 0.3) is 0 Å². The van der Waals surface area contributed by atoms with Crippen LogP contribution in [0.2, 0.25) is 0 Å². The lowest BCUT2D eigenvalue weighted by Crippen LogP contribution is -2.40. The van der Waals surface area contributed by atoms with Gasteiger partial charge in [-0.3, -0.25) is 9.59 Å². The van der Waals surface area contributed by atoms with E-state index in [1.54, 1.807) is 0 Å². The number of amides is 1. The first-order valence-corrected chi connectivity index (χ1v) is 5.13. The van der Waals surface area contributed by atoms with Crippen molar-refractivity contribution in [3.8, 4) is 0 Å². The van der Waals surface area contributed by atoms with Crippen molar-refractivity contribution >= 4 is 11.9 Å². The van der Waals surface area contributed by atoms with E-state index in [9.17, 15) is 14.7 Å². The van der Waals surface area contributed by atoms with Crippen molar-refractivity contribution in [3.05, 3.63) is 0 Å². The van der Waals surface area contributed by atoms with Crippen LogP contribution in [-0.2, 0) is 9.59 Å². The summed E-state index contributed by atoms with van der Waals surface area (Å²) in [6, 6.07) is 0. The van der Waals surface area contributed by atoms with Gasteiger partial charge in [-0.05, 0) is 19.8 Å². The molecule has 0 radical (unpaired) electrons. The zero-order valence-corrected chi connectivity index (χ0v) is 9.35. The Labute approximate surface area is 94.1 Å². The van der Waals surface area contributed by atoms with Crippen molar-refractivity contribution in [2.45, 2.75) is 38.2 Å². The third-order valence-corrected chi connectivity index (χ3v) is 2.58. The highest BCUT2D eigenvalue weighted by molar-refractivity contribution is 5.74. The molecule has 0 aliphatic carbocycles. The maximum absolute atomic E-state index is 10.7. The number of rotatable bonds is 8. The number of carboxylic acid groups (broad SMARTS) is 1. The highest BCUT2D eigenvalue weighted by Crippen LogP contribution is 2.25. The summed E-state index contributed by atoms with van der Waals surface area (Å²) in [5.74, 6) is -2.12. The van der Waals surface area contributed by atoms with Crippen LogP contribution in [0.3, 0.4) is 0 Å². The number of aliphatic hydroxyl groups is 2. The SMILES string of the molecule is CC(O)(CC(N)=O)C(CO)CCCC(=O)O. The van der Waals surface area contributed by atoms with Gasteiger partial charge in [-0.2, -0.15) is 0 Å². The highest BCUT2D eigenvalue weighted by Gasteiger charge is 2.32. The minimum Gasteiger partial charge on any atom is -0.481 e. The van der Waals surface area contributed by atoms with Crippen LogP contribution in [-0.4, -0.2) is 39.4 Å². The molecule has 16 heavy (non-hydrogen) atoms. The molecule has 6 heteroatoms. The van der Waals surface area contributed by atoms with Crippen molar-refractivity contribution in [1.29, 1.82) is 0 Å². The number of hydrogen-bond donors (Lipinski definition) is 4. The van der Waals surface area contributed by atoms with Gasteiger partial charge in [0, 0.05) is 18.9 Å². The lowest BCUT2D eigenvalue weighted by atomic mass is 9.83. The molecular weight excluding hydrogens is 214 g/mol. The predicted molar refractivity (Wildman–Crippen MR) is 56.5 cm³/mol. The zero-order chi connectivity index (χ0) is 12.8. The summed E-state index contributed by atoms with van der Waals surface area (Å²) in [7, 11) is 0. The van der Waals surface area contributed by atoms with E-state index in [4.69, 9.17) is 15.9 Å². The lowest BCUT2D eigenvalue weighted by Gasteiger charge is -2.30. The Morgan fingerprint density at radius 3 is 2.38 bits per heavy atom. The van der Waals surface area contributed by atoms with Gasteiger partial charge in [0.2, 0.25) is 5.91 Å². The first-order valence-electron chi connectivity index (χ1n) is 5.13. The average Bonchev–Trinajstić information content (AvgIpc) is 2.09. The minimum atomic E-state index is -1.39. The minimum absolute atomic E-state index is 0.0247. The van der Waals surface area contributed by atoms with Crippen LogP contribution < -0.4 is 5.73 Å². The molecule has 0 aromatic rings. The lowest BCUT2D eigenvalue weighted by molar-refractivity contribution is -0.137. The molecule has 0 aliphatic heterocycles. The van der Waals surface area contributed by atoms with Crippen LogP contribution in [0.25, 0.3) is 0 Å². The van der Waals surface area contributed by atoms with Gasteiger partial charge in [-0.25, -0.2) is 0 Å². The molecule has 0 aromatic carbocycles. The second-order valence-corrected chi connectivity index (χ2v) is 4.17. The first-order chi connectivity index (χ1) is 7.29. The van der Waals surface area contributed by atoms with Crippen LogP contribution in [0.4, 0.5) is 0 Å². The number of nitrogens with two attached hydrogens (primary N) is 1. The summed E-state index contributed by atoms with van der Waals surface area (Å²) in [4.78, 5) is 21.0. The molecule has 2 unspecified atom stereocenters. The zero-order valence-electron chi connectivity index (χ0n) is 9.35. The monoisotopic (exact) mass is 233 g/mol. The van der Waals surface area contributed by atoms with Crippen molar-refractivity contribution in [2.75, 3.05) is 6.61 Å². The van der Waals surface area contributed by atoms with E-state index in [0.29, 0.717) is 12.8 Å². The third-order valence-electron chi connectivity index (χ3n) is 2.58. The summed E-state index contributed by atoms with van der Waals surface area (Å²) in [6.45, 7) is 1.11. The Balaban J connectivity index is 4.24. The standard InChI is InChI=1S/C10H19NO5/c1-10(16,5-8(11)13)7(6-12)3-2-4-9(14)15/h7,12,16H,2-6H2,1H3,(H2,11,13)(H,14,15). The molecule has 0 aromatic heterocycles. The number of carbonyl (C=O) groups is 2. The number of carbonyl (C=O) groups excluding carboxylic acids is 1. The summed E-state index contributed by atoms with van der Waals surface area (Å²) >= 11 is 0. The number of aliphatic hydroxyl groups excluding tert-OH is 1. The molecule has 0 saturated carbocycles. The molecule has 0 saturated heterocycles. The van der Waals surface area contributed by atoms with Crippen LogP contribution in [0.15, 0.2) is 0 Å². The second kappa shape index (κ2) is 6.44. The fraction of sp³-hybridized carbons (Fsp3) is 0.800. The quantitative estimate of drug-likeness (QED) is 0.449. The molecule has 0 fully saturated rings. The van der Waals surface area contributed by atoms with Gasteiger partial charge in [-0.1, -0.05) is 0 Å². The predicted octanol–water partition coefficient (Wildman–Crippen LogP) is -0.524. The van der Waals surface area contributed by atoms with Gasteiger partial charge >= 0.3 is 5.97 Å². The molecule has 2 atom stereocenters. The summed E-state index contributed by atoms with van der Waals surface area (Å²) < 4.78 is 0. The Hall–Kier alpha value is -1.14. The van der Waals surface area contributed by atoms with E-state index < -0.39 is 23.4 Å². The number of aliphatic carboxylic acids is 1. The maximum atomic E-state index is 10.7. The molecule has 0 bridgehead atoms. The molecule has 0 rings (SSSR count). The molecule has 5 N–H and O–H groups in total. The fourth-order valence-corrected chi connectivity index (χ4v) is 1.60. The first kappa shape index (κ1) is 14.9. The molecule has 1 amide bonds. The fourth-order valence-electron chi connectivity index (χ4n) is 1.60. The Bertz CT molecular complexity index is 252. The highest BCUT2D eigenvalue weighted by atomic mass is 16.4. The Kier molecular flexibility index (Phi) is 5.98. The molecular formula is C10H19NO5. The summed E-state index contributed by atoms with van der Waals surface area (Å²) in [5, 5.41) is 27.4. The van der Waals surface area contributed by atoms with Gasteiger partial charge in [0.15, 0.2) is 0 Å². The van der Waals surface area contributed by atoms with E-state index in [2.05, 4.69) is 0 Å². The van der Waals surface area contributed by atoms with Crippen LogP contribution in [0.1, 0.15) is 32.6 Å². The maximum Gasteiger partial charge on any atom is 0.303 e. The smallest absolute Gasteiger partial charge is 0.303 e. The van der Waals surface area contributed by atoms with Crippen LogP contribution in [0.5, 0.6) is 0 Å². The topological polar surface area (TPSA) is 121 Å². The molecule has 0 aliphatic rings. The van der Waals surface area contributed by atoms with Gasteiger partial charge in [0.05, 0.1) is 12.0 Å². The van der Waals surface area contributed by atoms with E-state index in [0.717, 1.165) is 0 Å². The number of hydrogen-bond acceptors (Lipinski definition) is 4. The molecule has 94 valence electrons. The van der Waals surface area contributed by atoms with Crippen LogP contribution in [0, 0.1) is 5.92 Å². The number of carboxylic acids is 1. The largest absolute Gasteiger partial charge is 0.481 e. The van der Waals surface area contributed by atoms with E-state index >= 15 is 0 Å². The van der Waals surface area contributed by atoms with Gasteiger partial charge < -0.3 is 21.1 Å².